The molecular formula is C7H15NO4S. The molecule has 0 aromatic rings. The highest BCUT2D eigenvalue weighted by Gasteiger charge is 2.42. The van der Waals surface area contributed by atoms with Crippen LogP contribution in [0.25, 0.3) is 0 Å². The molecule has 78 valence electrons. The zero-order chi connectivity index (χ0) is 10.2. The lowest BCUT2D eigenvalue weighted by Crippen LogP contribution is -2.41. The van der Waals surface area contributed by atoms with Crippen LogP contribution in [0.2, 0.25) is 0 Å². The Morgan fingerprint density at radius 3 is 2.23 bits per heavy atom. The van der Waals surface area contributed by atoms with Crippen LogP contribution in [0, 0.1) is 5.92 Å². The predicted molar refractivity (Wildman–Crippen MR) is 48.1 cm³/mol. The van der Waals surface area contributed by atoms with Crippen molar-refractivity contribution in [1.82, 2.24) is 4.31 Å². The summed E-state index contributed by atoms with van der Waals surface area (Å²) in [4.78, 5) is 0. The second-order valence-corrected chi connectivity index (χ2v) is 4.58. The van der Waals surface area contributed by atoms with Crippen molar-refractivity contribution >= 4 is 11.3 Å². The fourth-order valence-corrected chi connectivity index (χ4v) is 2.15. The number of likely N-dealkylation sites (N-methyl/N-ethyl adjacent to an activating group) is 1. The smallest absolute Gasteiger partial charge is 0.234 e. The largest absolute Gasteiger partial charge is 0.390 e. The molecule has 0 amide bonds. The Kier molecular flexibility index (Phi) is 3.42. The molecular weight excluding hydrogens is 194 g/mol. The molecule has 5 atom stereocenters. The van der Waals surface area contributed by atoms with Gasteiger partial charge in [-0.15, -0.1) is 0 Å². The second-order valence-electron chi connectivity index (χ2n) is 3.54. The van der Waals surface area contributed by atoms with Crippen molar-refractivity contribution in [1.29, 1.82) is 0 Å². The highest BCUT2D eigenvalue weighted by molar-refractivity contribution is 7.76. The molecule has 1 aliphatic carbocycles. The van der Waals surface area contributed by atoms with Gasteiger partial charge in [-0.25, -0.2) is 4.21 Å². The fraction of sp³-hybridized carbons (Fsp3) is 1.00. The number of hydrogen-bond acceptors (Lipinski definition) is 3. The molecule has 1 aliphatic rings. The van der Waals surface area contributed by atoms with Crippen LogP contribution in [-0.4, -0.2) is 48.6 Å². The zero-order valence-corrected chi connectivity index (χ0v) is 8.44. The van der Waals surface area contributed by atoms with E-state index in [2.05, 4.69) is 0 Å². The summed E-state index contributed by atoms with van der Waals surface area (Å²) in [5.41, 5.74) is 0. The quantitative estimate of drug-likeness (QED) is 0.519. The maximum absolute atomic E-state index is 10.7. The molecule has 1 rings (SSSR count). The normalized spacial score (nSPS) is 42.6. The third-order valence-electron chi connectivity index (χ3n) is 2.65. The number of hydrogen-bond donors (Lipinski definition) is 3. The van der Waals surface area contributed by atoms with Crippen LogP contribution in [0.3, 0.4) is 0 Å². The van der Waals surface area contributed by atoms with Gasteiger partial charge in [-0.3, -0.25) is 4.55 Å². The lowest BCUT2D eigenvalue weighted by Gasteiger charge is -2.23. The first kappa shape index (κ1) is 11.1. The van der Waals surface area contributed by atoms with E-state index >= 15 is 0 Å². The summed E-state index contributed by atoms with van der Waals surface area (Å²) in [6, 6.07) is -0.434. The number of aliphatic hydroxyl groups excluding tert-OH is 2. The Bertz CT molecular complexity index is 213. The molecule has 0 aromatic heterocycles. The van der Waals surface area contributed by atoms with E-state index in [-0.39, 0.29) is 5.92 Å². The topological polar surface area (TPSA) is 81.0 Å². The highest BCUT2D eigenvalue weighted by Crippen LogP contribution is 2.29. The molecule has 5 nitrogen and oxygen atoms in total. The van der Waals surface area contributed by atoms with Gasteiger partial charge in [0, 0.05) is 7.05 Å². The summed E-state index contributed by atoms with van der Waals surface area (Å²) in [5.74, 6) is -0.0361. The third kappa shape index (κ3) is 2.08. The van der Waals surface area contributed by atoms with Crippen molar-refractivity contribution in [2.45, 2.75) is 31.6 Å². The molecule has 0 radical (unpaired) electrons. The SMILES string of the molecule is C[C@@H]1C[C@H](N(C)S(=O)O)[C@@H](O)[C@H]1O. The predicted octanol–water partition coefficient (Wildman–Crippen LogP) is -0.815. The highest BCUT2D eigenvalue weighted by atomic mass is 32.2. The molecule has 0 aliphatic heterocycles. The van der Waals surface area contributed by atoms with Gasteiger partial charge >= 0.3 is 0 Å². The lowest BCUT2D eigenvalue weighted by atomic mass is 10.1. The Balaban J connectivity index is 2.68. The van der Waals surface area contributed by atoms with Crippen LogP contribution >= 0.6 is 0 Å². The van der Waals surface area contributed by atoms with Gasteiger partial charge in [0.25, 0.3) is 0 Å². The van der Waals surface area contributed by atoms with Crippen molar-refractivity contribution < 1.29 is 19.0 Å². The average molecular weight is 209 g/mol. The second kappa shape index (κ2) is 4.02. The van der Waals surface area contributed by atoms with E-state index in [1.165, 1.54) is 7.05 Å². The maximum Gasteiger partial charge on any atom is 0.234 e. The van der Waals surface area contributed by atoms with Crippen molar-refractivity contribution in [3.63, 3.8) is 0 Å². The fourth-order valence-electron chi connectivity index (χ4n) is 1.70. The van der Waals surface area contributed by atoms with Gasteiger partial charge in [-0.1, -0.05) is 6.92 Å². The Labute approximate surface area is 79.8 Å². The van der Waals surface area contributed by atoms with Crippen LogP contribution in [-0.2, 0) is 11.3 Å². The summed E-state index contributed by atoms with van der Waals surface area (Å²) in [5, 5.41) is 18.9. The monoisotopic (exact) mass is 209 g/mol. The Hall–Kier alpha value is -0.0100. The standard InChI is InChI=1S/C7H15NO4S/c1-4-3-5(7(10)6(4)9)8(2)13(11)12/h4-7,9-10H,3H2,1-2H3,(H,11,12)/t4-,5+,6+,7-/m1/s1. The molecule has 0 heterocycles. The van der Waals surface area contributed by atoms with E-state index in [9.17, 15) is 14.4 Å². The van der Waals surface area contributed by atoms with Gasteiger partial charge in [0.05, 0.1) is 18.2 Å². The van der Waals surface area contributed by atoms with E-state index in [0.29, 0.717) is 6.42 Å². The van der Waals surface area contributed by atoms with Gasteiger partial charge in [0.2, 0.25) is 11.3 Å². The maximum atomic E-state index is 10.7. The Morgan fingerprint density at radius 1 is 1.38 bits per heavy atom. The summed E-state index contributed by atoms with van der Waals surface area (Å²) in [6.45, 7) is 1.81. The number of aliphatic hydroxyl groups is 2. The minimum absolute atomic E-state index is 0.0361. The summed E-state index contributed by atoms with van der Waals surface area (Å²) >= 11 is -2.09. The molecule has 0 bridgehead atoms. The van der Waals surface area contributed by atoms with Crippen LogP contribution in [0.1, 0.15) is 13.3 Å². The van der Waals surface area contributed by atoms with Gasteiger partial charge < -0.3 is 10.2 Å². The molecule has 1 fully saturated rings. The number of rotatable bonds is 2. The summed E-state index contributed by atoms with van der Waals surface area (Å²) < 4.78 is 20.6. The van der Waals surface area contributed by atoms with Gasteiger partial charge in [-0.05, 0) is 12.3 Å². The van der Waals surface area contributed by atoms with Crippen LogP contribution in [0.5, 0.6) is 0 Å². The molecule has 0 saturated heterocycles. The van der Waals surface area contributed by atoms with Crippen molar-refractivity contribution in [3.8, 4) is 0 Å². The van der Waals surface area contributed by atoms with Crippen molar-refractivity contribution in [3.05, 3.63) is 0 Å². The minimum Gasteiger partial charge on any atom is -0.390 e. The Morgan fingerprint density at radius 2 is 1.92 bits per heavy atom. The zero-order valence-electron chi connectivity index (χ0n) is 7.62. The third-order valence-corrected chi connectivity index (χ3v) is 3.42. The molecule has 1 saturated carbocycles. The molecule has 0 aromatic carbocycles. The summed E-state index contributed by atoms with van der Waals surface area (Å²) in [7, 11) is 1.45. The molecule has 6 heteroatoms. The first-order chi connectivity index (χ1) is 5.95. The van der Waals surface area contributed by atoms with Gasteiger partial charge in [-0.2, -0.15) is 4.31 Å². The first-order valence-electron chi connectivity index (χ1n) is 4.15. The van der Waals surface area contributed by atoms with E-state index in [4.69, 9.17) is 4.55 Å². The molecule has 13 heavy (non-hydrogen) atoms. The van der Waals surface area contributed by atoms with E-state index in [1.54, 1.807) is 0 Å². The molecule has 1 unspecified atom stereocenters. The van der Waals surface area contributed by atoms with Crippen LogP contribution in [0.4, 0.5) is 0 Å². The minimum atomic E-state index is -2.09. The van der Waals surface area contributed by atoms with E-state index < -0.39 is 29.5 Å². The van der Waals surface area contributed by atoms with Gasteiger partial charge in [0.1, 0.15) is 0 Å². The van der Waals surface area contributed by atoms with E-state index in [0.717, 1.165) is 4.31 Å². The van der Waals surface area contributed by atoms with Crippen molar-refractivity contribution in [2.75, 3.05) is 7.05 Å². The molecule has 0 spiro atoms. The van der Waals surface area contributed by atoms with Gasteiger partial charge in [0.15, 0.2) is 0 Å². The van der Waals surface area contributed by atoms with Crippen LogP contribution < -0.4 is 0 Å². The lowest BCUT2D eigenvalue weighted by molar-refractivity contribution is 0.00617. The average Bonchev–Trinajstić information content (AvgIpc) is 2.31. The number of nitrogens with zero attached hydrogens (tertiary/aromatic N) is 1. The van der Waals surface area contributed by atoms with Crippen molar-refractivity contribution in [2.24, 2.45) is 5.92 Å². The van der Waals surface area contributed by atoms with Crippen LogP contribution in [0.15, 0.2) is 0 Å². The first-order valence-corrected chi connectivity index (χ1v) is 5.21. The molecule has 3 N–H and O–H groups in total. The van der Waals surface area contributed by atoms with E-state index in [1.807, 2.05) is 6.92 Å². The summed E-state index contributed by atoms with van der Waals surface area (Å²) in [6.07, 6.45) is -1.20.